The Labute approximate surface area is 98.9 Å². The largest absolute Gasteiger partial charge is 0.265 e. The van der Waals surface area contributed by atoms with Crippen LogP contribution in [0.25, 0.3) is 0 Å². The Kier molecular flexibility index (Phi) is 5.32. The van der Waals surface area contributed by atoms with E-state index in [1.807, 2.05) is 12.1 Å². The van der Waals surface area contributed by atoms with Gasteiger partial charge < -0.3 is 0 Å². The lowest BCUT2D eigenvalue weighted by Gasteiger charge is -1.80. The minimum atomic E-state index is 0.912. The fourth-order valence-electron chi connectivity index (χ4n) is 0.615. The maximum Gasteiger partial charge on any atom is 0.115 e. The Bertz CT molecular complexity index is 315. The van der Waals surface area contributed by atoms with Crippen molar-refractivity contribution in [1.29, 1.82) is 0 Å². The molecule has 0 spiro atoms. The van der Waals surface area contributed by atoms with Crippen LogP contribution in [0.2, 0.25) is 0 Å². The Morgan fingerprint density at radius 2 is 1.36 bits per heavy atom. The van der Waals surface area contributed by atoms with Gasteiger partial charge in [-0.3, -0.25) is 4.98 Å². The van der Waals surface area contributed by atoms with E-state index in [0.29, 0.717) is 0 Å². The molecule has 5 heteroatoms. The molecule has 0 aliphatic heterocycles. The number of halogens is 2. The summed E-state index contributed by atoms with van der Waals surface area (Å²) in [4.78, 5) is 11.3. The molecule has 0 bridgehead atoms. The third-order valence-corrected chi connectivity index (χ3v) is 2.11. The van der Waals surface area contributed by atoms with Crippen molar-refractivity contribution in [1.82, 2.24) is 15.0 Å². The second kappa shape index (κ2) is 6.62. The van der Waals surface area contributed by atoms with Gasteiger partial charge in [0.15, 0.2) is 0 Å². The summed E-state index contributed by atoms with van der Waals surface area (Å²) >= 11 is 6.46. The third-order valence-electron chi connectivity index (χ3n) is 1.17. The van der Waals surface area contributed by atoms with Gasteiger partial charge in [0, 0.05) is 29.3 Å². The van der Waals surface area contributed by atoms with Gasteiger partial charge in [0.1, 0.15) is 6.33 Å². The summed E-state index contributed by atoms with van der Waals surface area (Å²) in [6, 6.07) is 3.78. The maximum atomic E-state index is 3.82. The molecule has 0 N–H and O–H groups in total. The van der Waals surface area contributed by atoms with Crippen molar-refractivity contribution in [3.8, 4) is 0 Å². The van der Waals surface area contributed by atoms with E-state index in [1.54, 1.807) is 24.8 Å². The van der Waals surface area contributed by atoms with Crippen LogP contribution < -0.4 is 0 Å². The van der Waals surface area contributed by atoms with Gasteiger partial charge in [-0.05, 0) is 28.1 Å². The summed E-state index contributed by atoms with van der Waals surface area (Å²) in [7, 11) is 0. The summed E-state index contributed by atoms with van der Waals surface area (Å²) in [6.45, 7) is 0. The van der Waals surface area contributed by atoms with Crippen molar-refractivity contribution in [3.05, 3.63) is 52.2 Å². The molecule has 2 heterocycles. The smallest absolute Gasteiger partial charge is 0.115 e. The molecule has 2 aromatic rings. The Morgan fingerprint density at radius 3 is 1.64 bits per heavy atom. The van der Waals surface area contributed by atoms with Crippen LogP contribution in [-0.4, -0.2) is 15.0 Å². The van der Waals surface area contributed by atoms with Crippen LogP contribution in [0.3, 0.4) is 0 Å². The topological polar surface area (TPSA) is 38.7 Å². The molecule has 0 aliphatic rings. The van der Waals surface area contributed by atoms with Gasteiger partial charge in [-0.15, -0.1) is 0 Å². The van der Waals surface area contributed by atoms with E-state index in [4.69, 9.17) is 0 Å². The normalized spacial score (nSPS) is 8.71. The highest BCUT2D eigenvalue weighted by atomic mass is 79.9. The molecule has 3 nitrogen and oxygen atoms in total. The van der Waals surface area contributed by atoms with Crippen LogP contribution in [0.15, 0.2) is 52.2 Å². The van der Waals surface area contributed by atoms with E-state index in [0.717, 1.165) is 8.95 Å². The fourth-order valence-corrected chi connectivity index (χ4v) is 1.09. The van der Waals surface area contributed by atoms with E-state index >= 15 is 0 Å². The molecule has 14 heavy (non-hydrogen) atoms. The number of pyridine rings is 1. The lowest BCUT2D eigenvalue weighted by molar-refractivity contribution is 1.15. The number of aromatic nitrogens is 3. The lowest BCUT2D eigenvalue weighted by atomic mass is 10.5. The average Bonchev–Trinajstić information content (AvgIpc) is 2.21. The first kappa shape index (κ1) is 11.3. The van der Waals surface area contributed by atoms with Crippen LogP contribution >= 0.6 is 31.9 Å². The predicted molar refractivity (Wildman–Crippen MR) is 61.7 cm³/mol. The first-order valence-corrected chi connectivity index (χ1v) is 5.33. The van der Waals surface area contributed by atoms with Crippen LogP contribution in [0.5, 0.6) is 0 Å². The fraction of sp³-hybridized carbons (Fsp3) is 0. The van der Waals surface area contributed by atoms with Gasteiger partial charge in [0.05, 0.1) is 4.47 Å². The van der Waals surface area contributed by atoms with Crippen molar-refractivity contribution in [2.24, 2.45) is 0 Å². The highest BCUT2D eigenvalue weighted by Gasteiger charge is 1.77. The van der Waals surface area contributed by atoms with Crippen LogP contribution in [0.1, 0.15) is 0 Å². The number of rotatable bonds is 0. The maximum absolute atomic E-state index is 3.82. The number of hydrogen-bond acceptors (Lipinski definition) is 3. The molecular formula is C9H7Br2N3. The number of nitrogens with zero attached hydrogens (tertiary/aromatic N) is 3. The predicted octanol–water partition coefficient (Wildman–Crippen LogP) is 3.08. The SMILES string of the molecule is Brc1ccncc1.Brc1cncnc1. The minimum absolute atomic E-state index is 0.912. The Balaban J connectivity index is 0.000000140. The molecule has 72 valence electrons. The van der Waals surface area contributed by atoms with Crippen molar-refractivity contribution in [2.75, 3.05) is 0 Å². The molecule has 0 unspecified atom stereocenters. The van der Waals surface area contributed by atoms with E-state index in [2.05, 4.69) is 46.8 Å². The molecule has 0 atom stereocenters. The van der Waals surface area contributed by atoms with Crippen molar-refractivity contribution in [2.45, 2.75) is 0 Å². The van der Waals surface area contributed by atoms with Gasteiger partial charge in [-0.2, -0.15) is 0 Å². The summed E-state index contributed by atoms with van der Waals surface area (Å²) in [5, 5.41) is 0. The summed E-state index contributed by atoms with van der Waals surface area (Å²) in [5.41, 5.74) is 0. The van der Waals surface area contributed by atoms with Crippen LogP contribution in [0, 0.1) is 0 Å². The van der Waals surface area contributed by atoms with Crippen molar-refractivity contribution < 1.29 is 0 Å². The molecule has 0 saturated heterocycles. The molecule has 0 amide bonds. The van der Waals surface area contributed by atoms with Crippen molar-refractivity contribution in [3.63, 3.8) is 0 Å². The first-order chi connectivity index (χ1) is 6.79. The summed E-state index contributed by atoms with van der Waals surface area (Å²) in [5.74, 6) is 0. The molecule has 0 radical (unpaired) electrons. The van der Waals surface area contributed by atoms with E-state index in [9.17, 15) is 0 Å². The van der Waals surface area contributed by atoms with Gasteiger partial charge in [0.25, 0.3) is 0 Å². The number of hydrogen-bond donors (Lipinski definition) is 0. The highest BCUT2D eigenvalue weighted by molar-refractivity contribution is 9.10. The zero-order chi connectivity index (χ0) is 10.2. The highest BCUT2D eigenvalue weighted by Crippen LogP contribution is 2.03. The second-order valence-electron chi connectivity index (χ2n) is 2.22. The van der Waals surface area contributed by atoms with E-state index in [1.165, 1.54) is 6.33 Å². The van der Waals surface area contributed by atoms with E-state index < -0.39 is 0 Å². The molecule has 0 saturated carbocycles. The Hall–Kier alpha value is -0.810. The molecule has 2 aromatic heterocycles. The van der Waals surface area contributed by atoms with Gasteiger partial charge in [-0.25, -0.2) is 9.97 Å². The zero-order valence-electron chi connectivity index (χ0n) is 7.14. The van der Waals surface area contributed by atoms with Gasteiger partial charge >= 0.3 is 0 Å². The quantitative estimate of drug-likeness (QED) is 0.749. The molecule has 0 fully saturated rings. The summed E-state index contributed by atoms with van der Waals surface area (Å²) < 4.78 is 1.98. The van der Waals surface area contributed by atoms with Crippen LogP contribution in [0.4, 0.5) is 0 Å². The molecule has 0 aromatic carbocycles. The molecular weight excluding hydrogens is 310 g/mol. The third kappa shape index (κ3) is 5.04. The van der Waals surface area contributed by atoms with E-state index in [-0.39, 0.29) is 0 Å². The molecule has 2 rings (SSSR count). The first-order valence-electron chi connectivity index (χ1n) is 3.75. The zero-order valence-corrected chi connectivity index (χ0v) is 10.3. The van der Waals surface area contributed by atoms with Crippen LogP contribution in [-0.2, 0) is 0 Å². The minimum Gasteiger partial charge on any atom is -0.265 e. The lowest BCUT2D eigenvalue weighted by Crippen LogP contribution is -1.71. The van der Waals surface area contributed by atoms with Crippen molar-refractivity contribution >= 4 is 31.9 Å². The molecule has 0 aliphatic carbocycles. The standard InChI is InChI=1S/C5H4BrN.C4H3BrN2/c6-5-1-3-7-4-2-5;5-4-1-6-3-7-2-4/h1-4H;1-3H. The average molecular weight is 317 g/mol. The Morgan fingerprint density at radius 1 is 0.786 bits per heavy atom. The van der Waals surface area contributed by atoms with Gasteiger partial charge in [0.2, 0.25) is 0 Å². The summed E-state index contributed by atoms with van der Waals surface area (Å²) in [6.07, 6.45) is 8.35. The van der Waals surface area contributed by atoms with Gasteiger partial charge in [-0.1, -0.05) is 15.9 Å². The second-order valence-corrected chi connectivity index (χ2v) is 4.05. The monoisotopic (exact) mass is 315 g/mol.